The molecule has 2 rings (SSSR count). The van der Waals surface area contributed by atoms with Crippen molar-refractivity contribution in [2.45, 2.75) is 45.8 Å². The number of hydrogen-bond donors (Lipinski definition) is 1. The summed E-state index contributed by atoms with van der Waals surface area (Å²) in [7, 11) is 4.43. The lowest BCUT2D eigenvalue weighted by Gasteiger charge is -2.35. The highest BCUT2D eigenvalue weighted by molar-refractivity contribution is 5.07. The maximum Gasteiger partial charge on any atom is 0.118 e. The number of hydrogen-bond acceptors (Lipinski definition) is 4. The molecule has 4 heteroatoms. The molecule has 1 unspecified atom stereocenters. The van der Waals surface area contributed by atoms with E-state index in [1.54, 1.807) is 0 Å². The Morgan fingerprint density at radius 1 is 1.38 bits per heavy atom. The van der Waals surface area contributed by atoms with Crippen LogP contribution in [0.4, 0.5) is 0 Å². The molecule has 0 radical (unpaired) electrons. The van der Waals surface area contributed by atoms with Crippen molar-refractivity contribution in [2.24, 2.45) is 5.92 Å². The summed E-state index contributed by atoms with van der Waals surface area (Å²) in [5, 5.41) is 3.42. The summed E-state index contributed by atoms with van der Waals surface area (Å²) in [6.07, 6.45) is 2.60. The smallest absolute Gasteiger partial charge is 0.118 e. The summed E-state index contributed by atoms with van der Waals surface area (Å²) in [4.78, 5) is 4.86. The van der Waals surface area contributed by atoms with E-state index in [0.29, 0.717) is 12.0 Å². The third-order valence-electron chi connectivity index (χ3n) is 4.20. The van der Waals surface area contributed by atoms with Crippen molar-refractivity contribution < 1.29 is 4.42 Å². The minimum Gasteiger partial charge on any atom is -0.463 e. The summed E-state index contributed by atoms with van der Waals surface area (Å²) in [6.45, 7) is 9.60. The Bertz CT molecular complexity index is 416. The van der Waals surface area contributed by atoms with E-state index < -0.39 is 0 Å². The molecule has 1 aliphatic heterocycles. The summed E-state index contributed by atoms with van der Waals surface area (Å²) in [5.41, 5.74) is 0. The summed E-state index contributed by atoms with van der Waals surface area (Å²) in [5.74, 6) is 2.79. The Labute approximate surface area is 129 Å². The first-order valence-electron chi connectivity index (χ1n) is 8.21. The third-order valence-corrected chi connectivity index (χ3v) is 4.20. The quantitative estimate of drug-likeness (QED) is 0.837. The molecule has 0 bridgehead atoms. The SMILES string of the molecule is CC(C)CNCc1ccc(CN(C)C2CCCN(C)C2)o1. The van der Waals surface area contributed by atoms with Gasteiger partial charge in [-0.25, -0.2) is 0 Å². The molecule has 0 aromatic carbocycles. The highest BCUT2D eigenvalue weighted by Crippen LogP contribution is 2.17. The van der Waals surface area contributed by atoms with Gasteiger partial charge in [-0.2, -0.15) is 0 Å². The van der Waals surface area contributed by atoms with E-state index in [4.69, 9.17) is 4.42 Å². The van der Waals surface area contributed by atoms with E-state index in [1.165, 1.54) is 25.9 Å². The largest absolute Gasteiger partial charge is 0.463 e. The molecule has 1 saturated heterocycles. The van der Waals surface area contributed by atoms with Gasteiger partial charge in [0.05, 0.1) is 13.1 Å². The van der Waals surface area contributed by atoms with Crippen molar-refractivity contribution in [2.75, 3.05) is 33.7 Å². The van der Waals surface area contributed by atoms with Crippen LogP contribution in [0.2, 0.25) is 0 Å². The van der Waals surface area contributed by atoms with E-state index in [9.17, 15) is 0 Å². The van der Waals surface area contributed by atoms with Crippen LogP contribution in [0.3, 0.4) is 0 Å². The molecule has 1 aliphatic rings. The Hall–Kier alpha value is -0.840. The van der Waals surface area contributed by atoms with Crippen molar-refractivity contribution >= 4 is 0 Å². The second-order valence-electron chi connectivity index (χ2n) is 6.87. The van der Waals surface area contributed by atoms with Crippen LogP contribution in [0.15, 0.2) is 16.5 Å². The zero-order chi connectivity index (χ0) is 15.2. The molecule has 1 fully saturated rings. The first-order chi connectivity index (χ1) is 10.0. The fourth-order valence-corrected chi connectivity index (χ4v) is 2.96. The van der Waals surface area contributed by atoms with E-state index in [0.717, 1.165) is 31.2 Å². The molecule has 0 aliphatic carbocycles. The van der Waals surface area contributed by atoms with Crippen LogP contribution >= 0.6 is 0 Å². The minimum absolute atomic E-state index is 0.649. The van der Waals surface area contributed by atoms with Gasteiger partial charge in [0.2, 0.25) is 0 Å². The number of nitrogens with one attached hydrogen (secondary N) is 1. The molecule has 1 atom stereocenters. The summed E-state index contributed by atoms with van der Waals surface area (Å²) in [6, 6.07) is 4.87. The third kappa shape index (κ3) is 5.46. The fraction of sp³-hybridized carbons (Fsp3) is 0.765. The molecule has 0 amide bonds. The molecule has 1 aromatic heterocycles. The molecular formula is C17H31N3O. The molecule has 21 heavy (non-hydrogen) atoms. The van der Waals surface area contributed by atoms with Gasteiger partial charge in [-0.1, -0.05) is 13.8 Å². The number of furan rings is 1. The summed E-state index contributed by atoms with van der Waals surface area (Å²) < 4.78 is 5.94. The number of rotatable bonds is 7. The molecule has 1 N–H and O–H groups in total. The van der Waals surface area contributed by atoms with Gasteiger partial charge in [-0.15, -0.1) is 0 Å². The predicted molar refractivity (Wildman–Crippen MR) is 87.2 cm³/mol. The first-order valence-corrected chi connectivity index (χ1v) is 8.21. The Balaban J connectivity index is 1.78. The van der Waals surface area contributed by atoms with Gasteiger partial charge < -0.3 is 14.6 Å². The minimum atomic E-state index is 0.649. The predicted octanol–water partition coefficient (Wildman–Crippen LogP) is 2.55. The average Bonchev–Trinajstić information content (AvgIpc) is 2.86. The van der Waals surface area contributed by atoms with Gasteiger partial charge >= 0.3 is 0 Å². The monoisotopic (exact) mass is 293 g/mol. The second-order valence-corrected chi connectivity index (χ2v) is 6.87. The number of nitrogens with zero attached hydrogens (tertiary/aromatic N) is 2. The Morgan fingerprint density at radius 2 is 2.14 bits per heavy atom. The molecule has 0 spiro atoms. The van der Waals surface area contributed by atoms with Crippen LogP contribution in [0.1, 0.15) is 38.2 Å². The van der Waals surface area contributed by atoms with Crippen molar-refractivity contribution in [1.82, 2.24) is 15.1 Å². The topological polar surface area (TPSA) is 31.6 Å². The van der Waals surface area contributed by atoms with Crippen LogP contribution in [0.25, 0.3) is 0 Å². The molecule has 1 aromatic rings. The standard InChI is InChI=1S/C17H31N3O/c1-14(2)10-18-11-16-7-8-17(21-16)13-20(4)15-6-5-9-19(3)12-15/h7-8,14-15,18H,5-6,9-13H2,1-4H3. The maximum atomic E-state index is 5.94. The molecule has 0 saturated carbocycles. The average molecular weight is 293 g/mol. The van der Waals surface area contributed by atoms with Gasteiger partial charge in [0.25, 0.3) is 0 Å². The van der Waals surface area contributed by atoms with Crippen LogP contribution in [-0.2, 0) is 13.1 Å². The summed E-state index contributed by atoms with van der Waals surface area (Å²) >= 11 is 0. The fourth-order valence-electron chi connectivity index (χ4n) is 2.96. The zero-order valence-corrected chi connectivity index (χ0v) is 14.1. The van der Waals surface area contributed by atoms with E-state index in [-0.39, 0.29) is 0 Å². The number of likely N-dealkylation sites (N-methyl/N-ethyl adjacent to an activating group) is 2. The van der Waals surface area contributed by atoms with E-state index in [2.05, 4.69) is 55.2 Å². The normalized spacial score (nSPS) is 20.6. The first kappa shape index (κ1) is 16.5. The highest BCUT2D eigenvalue weighted by atomic mass is 16.3. The highest BCUT2D eigenvalue weighted by Gasteiger charge is 2.21. The van der Waals surface area contributed by atoms with Crippen molar-refractivity contribution in [3.8, 4) is 0 Å². The van der Waals surface area contributed by atoms with E-state index >= 15 is 0 Å². The van der Waals surface area contributed by atoms with Crippen molar-refractivity contribution in [3.05, 3.63) is 23.7 Å². The lowest BCUT2D eigenvalue weighted by atomic mass is 10.1. The lowest BCUT2D eigenvalue weighted by Crippen LogP contribution is -2.44. The van der Waals surface area contributed by atoms with Crippen LogP contribution < -0.4 is 5.32 Å². The van der Waals surface area contributed by atoms with Gasteiger partial charge in [0, 0.05) is 12.6 Å². The molecule has 4 nitrogen and oxygen atoms in total. The van der Waals surface area contributed by atoms with Crippen LogP contribution in [0, 0.1) is 5.92 Å². The number of piperidine rings is 1. The van der Waals surface area contributed by atoms with Crippen molar-refractivity contribution in [3.63, 3.8) is 0 Å². The van der Waals surface area contributed by atoms with E-state index in [1.807, 2.05) is 0 Å². The Kier molecular flexibility index (Phi) is 6.27. The Morgan fingerprint density at radius 3 is 2.86 bits per heavy atom. The molecule has 120 valence electrons. The lowest BCUT2D eigenvalue weighted by molar-refractivity contribution is 0.123. The number of likely N-dealkylation sites (tertiary alicyclic amines) is 1. The second kappa shape index (κ2) is 7.97. The zero-order valence-electron chi connectivity index (χ0n) is 14.1. The maximum absolute atomic E-state index is 5.94. The van der Waals surface area contributed by atoms with Crippen LogP contribution in [0.5, 0.6) is 0 Å². The molecular weight excluding hydrogens is 262 g/mol. The van der Waals surface area contributed by atoms with Crippen molar-refractivity contribution in [1.29, 1.82) is 0 Å². The van der Waals surface area contributed by atoms with Gasteiger partial charge in [-0.05, 0) is 58.1 Å². The van der Waals surface area contributed by atoms with Gasteiger partial charge in [0.1, 0.15) is 11.5 Å². The van der Waals surface area contributed by atoms with Gasteiger partial charge in [-0.3, -0.25) is 4.90 Å². The van der Waals surface area contributed by atoms with Crippen LogP contribution in [-0.4, -0.2) is 49.6 Å². The molecule has 2 heterocycles. The van der Waals surface area contributed by atoms with Gasteiger partial charge in [0.15, 0.2) is 0 Å².